The van der Waals surface area contributed by atoms with Crippen molar-refractivity contribution < 1.29 is 0 Å². The van der Waals surface area contributed by atoms with Crippen LogP contribution in [0.15, 0.2) is 27.6 Å². The van der Waals surface area contributed by atoms with Crippen LogP contribution in [0.2, 0.25) is 0 Å². The molecule has 0 bridgehead atoms. The number of hydrogen-bond acceptors (Lipinski definition) is 2. The van der Waals surface area contributed by atoms with Gasteiger partial charge in [0, 0.05) is 15.4 Å². The highest BCUT2D eigenvalue weighted by atomic mass is 79.9. The fourth-order valence-electron chi connectivity index (χ4n) is 1.34. The van der Waals surface area contributed by atoms with Gasteiger partial charge in [-0.15, -0.1) is 0 Å². The fraction of sp³-hybridized carbons (Fsp3) is 0.333. The normalized spacial score (nSPS) is 22.0. The molecular formula is C9H10BrNS. The standard InChI is InChI=1S/C9H10BrNS/c1-6-4-7-5-8(10)2-3-9(7)12-11-6/h2-3,5-6,11H,4H2,1H3. The average Bonchev–Trinajstić information content (AvgIpc) is 2.03. The van der Waals surface area contributed by atoms with Gasteiger partial charge in [0.1, 0.15) is 0 Å². The SMILES string of the molecule is CC1Cc2cc(Br)ccc2SN1. The summed E-state index contributed by atoms with van der Waals surface area (Å²) in [6.07, 6.45) is 1.13. The van der Waals surface area contributed by atoms with Crippen molar-refractivity contribution in [1.29, 1.82) is 0 Å². The van der Waals surface area contributed by atoms with Crippen LogP contribution in [-0.2, 0) is 6.42 Å². The maximum atomic E-state index is 3.48. The third-order valence-electron chi connectivity index (χ3n) is 1.92. The van der Waals surface area contributed by atoms with E-state index in [0.29, 0.717) is 6.04 Å². The van der Waals surface area contributed by atoms with Gasteiger partial charge >= 0.3 is 0 Å². The van der Waals surface area contributed by atoms with Crippen molar-refractivity contribution in [2.45, 2.75) is 24.3 Å². The van der Waals surface area contributed by atoms with Gasteiger partial charge in [-0.25, -0.2) is 0 Å². The van der Waals surface area contributed by atoms with Gasteiger partial charge in [0.2, 0.25) is 0 Å². The van der Waals surface area contributed by atoms with Crippen LogP contribution in [0, 0.1) is 0 Å². The molecule has 0 aliphatic carbocycles. The molecule has 1 aromatic carbocycles. The molecule has 1 aromatic rings. The van der Waals surface area contributed by atoms with Crippen LogP contribution >= 0.6 is 27.9 Å². The molecule has 1 nitrogen and oxygen atoms in total. The van der Waals surface area contributed by atoms with Crippen LogP contribution in [0.5, 0.6) is 0 Å². The molecule has 0 saturated heterocycles. The molecular weight excluding hydrogens is 234 g/mol. The number of hydrogen-bond donors (Lipinski definition) is 1. The van der Waals surface area contributed by atoms with E-state index in [2.05, 4.69) is 45.8 Å². The summed E-state index contributed by atoms with van der Waals surface area (Å²) in [4.78, 5) is 1.36. The molecule has 0 amide bonds. The first kappa shape index (κ1) is 8.60. The van der Waals surface area contributed by atoms with Gasteiger partial charge in [-0.05, 0) is 49.1 Å². The third-order valence-corrected chi connectivity index (χ3v) is 3.55. The van der Waals surface area contributed by atoms with Gasteiger partial charge in [0.15, 0.2) is 0 Å². The van der Waals surface area contributed by atoms with Gasteiger partial charge < -0.3 is 0 Å². The van der Waals surface area contributed by atoms with E-state index in [4.69, 9.17) is 0 Å². The number of benzene rings is 1. The minimum Gasteiger partial charge on any atom is -0.257 e. The molecule has 0 radical (unpaired) electrons. The first-order valence-electron chi connectivity index (χ1n) is 3.96. The molecule has 1 atom stereocenters. The van der Waals surface area contributed by atoms with Crippen molar-refractivity contribution in [3.8, 4) is 0 Å². The van der Waals surface area contributed by atoms with Crippen molar-refractivity contribution >= 4 is 27.9 Å². The minimum absolute atomic E-state index is 0.580. The Hall–Kier alpha value is 0.01000. The Morgan fingerprint density at radius 1 is 1.58 bits per heavy atom. The Kier molecular flexibility index (Phi) is 2.44. The van der Waals surface area contributed by atoms with Crippen LogP contribution in [-0.4, -0.2) is 6.04 Å². The predicted octanol–water partition coefficient (Wildman–Crippen LogP) is 2.99. The van der Waals surface area contributed by atoms with Gasteiger partial charge in [0.05, 0.1) is 0 Å². The summed E-state index contributed by atoms with van der Waals surface area (Å²) in [5.41, 5.74) is 1.45. The zero-order valence-electron chi connectivity index (χ0n) is 6.80. The van der Waals surface area contributed by atoms with Crippen molar-refractivity contribution in [3.63, 3.8) is 0 Å². The first-order valence-corrected chi connectivity index (χ1v) is 5.57. The monoisotopic (exact) mass is 243 g/mol. The summed E-state index contributed by atoms with van der Waals surface area (Å²) >= 11 is 5.22. The van der Waals surface area contributed by atoms with E-state index in [-0.39, 0.29) is 0 Å². The zero-order chi connectivity index (χ0) is 8.55. The lowest BCUT2D eigenvalue weighted by atomic mass is 10.1. The lowest BCUT2D eigenvalue weighted by Gasteiger charge is -2.21. The van der Waals surface area contributed by atoms with Gasteiger partial charge in [-0.2, -0.15) is 0 Å². The smallest absolute Gasteiger partial charge is 0.0261 e. The van der Waals surface area contributed by atoms with E-state index < -0.39 is 0 Å². The summed E-state index contributed by atoms with van der Waals surface area (Å²) in [7, 11) is 0. The fourth-order valence-corrected chi connectivity index (χ4v) is 2.57. The Balaban J connectivity index is 2.37. The summed E-state index contributed by atoms with van der Waals surface area (Å²) in [5, 5.41) is 0. The Morgan fingerprint density at radius 3 is 3.25 bits per heavy atom. The first-order chi connectivity index (χ1) is 5.75. The summed E-state index contributed by atoms with van der Waals surface area (Å²) < 4.78 is 4.54. The molecule has 0 spiro atoms. The highest BCUT2D eigenvalue weighted by Gasteiger charge is 2.14. The predicted molar refractivity (Wildman–Crippen MR) is 56.3 cm³/mol. The average molecular weight is 244 g/mol. The topological polar surface area (TPSA) is 12.0 Å². The Labute approximate surface area is 85.2 Å². The molecule has 0 aromatic heterocycles. The second kappa shape index (κ2) is 3.40. The van der Waals surface area contributed by atoms with Crippen LogP contribution in [0.25, 0.3) is 0 Å². The Morgan fingerprint density at radius 2 is 2.42 bits per heavy atom. The molecule has 1 heterocycles. The van der Waals surface area contributed by atoms with E-state index in [1.165, 1.54) is 14.9 Å². The summed E-state index contributed by atoms with van der Waals surface area (Å²) in [6, 6.07) is 7.03. The van der Waals surface area contributed by atoms with Crippen LogP contribution in [0.1, 0.15) is 12.5 Å². The molecule has 3 heteroatoms. The highest BCUT2D eigenvalue weighted by molar-refractivity contribution is 9.10. The van der Waals surface area contributed by atoms with Gasteiger partial charge in [-0.1, -0.05) is 15.9 Å². The summed E-state index contributed by atoms with van der Waals surface area (Å²) in [5.74, 6) is 0. The van der Waals surface area contributed by atoms with E-state index in [0.717, 1.165) is 6.42 Å². The van der Waals surface area contributed by atoms with Crippen molar-refractivity contribution in [2.75, 3.05) is 0 Å². The molecule has 1 aliphatic rings. The number of halogens is 1. The largest absolute Gasteiger partial charge is 0.257 e. The summed E-state index contributed by atoms with van der Waals surface area (Å²) in [6.45, 7) is 2.21. The quantitative estimate of drug-likeness (QED) is 0.704. The van der Waals surface area contributed by atoms with E-state index >= 15 is 0 Å². The molecule has 0 saturated carbocycles. The lowest BCUT2D eigenvalue weighted by molar-refractivity contribution is 0.667. The second-order valence-electron chi connectivity index (χ2n) is 3.08. The molecule has 1 aliphatic heterocycles. The molecule has 2 rings (SSSR count). The number of nitrogens with one attached hydrogen (secondary N) is 1. The van der Waals surface area contributed by atoms with Crippen LogP contribution < -0.4 is 4.72 Å². The second-order valence-corrected chi connectivity index (χ2v) is 4.87. The number of rotatable bonds is 0. The molecule has 64 valence electrons. The maximum Gasteiger partial charge on any atom is 0.0261 e. The number of fused-ring (bicyclic) bond motifs is 1. The lowest BCUT2D eigenvalue weighted by Crippen LogP contribution is -2.25. The third kappa shape index (κ3) is 1.68. The molecule has 12 heavy (non-hydrogen) atoms. The molecule has 0 fully saturated rings. The van der Waals surface area contributed by atoms with E-state index in [1.807, 2.05) is 0 Å². The molecule has 1 unspecified atom stereocenters. The Bertz CT molecular complexity index is 301. The van der Waals surface area contributed by atoms with Crippen LogP contribution in [0.4, 0.5) is 0 Å². The van der Waals surface area contributed by atoms with Crippen molar-refractivity contribution in [1.82, 2.24) is 4.72 Å². The highest BCUT2D eigenvalue weighted by Crippen LogP contribution is 2.29. The van der Waals surface area contributed by atoms with Crippen LogP contribution in [0.3, 0.4) is 0 Å². The maximum absolute atomic E-state index is 3.48. The van der Waals surface area contributed by atoms with Crippen molar-refractivity contribution in [2.24, 2.45) is 0 Å². The minimum atomic E-state index is 0.580. The molecule has 1 N–H and O–H groups in total. The van der Waals surface area contributed by atoms with E-state index in [1.54, 1.807) is 11.9 Å². The van der Waals surface area contributed by atoms with Gasteiger partial charge in [0.25, 0.3) is 0 Å². The van der Waals surface area contributed by atoms with E-state index in [9.17, 15) is 0 Å². The zero-order valence-corrected chi connectivity index (χ0v) is 9.21. The van der Waals surface area contributed by atoms with Crippen molar-refractivity contribution in [3.05, 3.63) is 28.2 Å². The van der Waals surface area contributed by atoms with Gasteiger partial charge in [-0.3, -0.25) is 4.72 Å².